The van der Waals surface area contributed by atoms with Gasteiger partial charge in [0.15, 0.2) is 0 Å². The Hall–Kier alpha value is -3.13. The maximum absolute atomic E-state index is 13.3. The number of hydrogen-bond acceptors (Lipinski definition) is 4. The van der Waals surface area contributed by atoms with Crippen LogP contribution in [0.1, 0.15) is 38.6 Å². The van der Waals surface area contributed by atoms with Crippen LogP contribution in [0.3, 0.4) is 0 Å². The molecule has 0 spiro atoms. The molecule has 2 aromatic heterocycles. The van der Waals surface area contributed by atoms with Crippen molar-refractivity contribution in [1.82, 2.24) is 15.3 Å². The van der Waals surface area contributed by atoms with E-state index >= 15 is 0 Å². The number of aryl methyl sites for hydroxylation is 2. The Morgan fingerprint density at radius 3 is 2.75 bits per heavy atom. The van der Waals surface area contributed by atoms with Crippen molar-refractivity contribution in [2.24, 2.45) is 4.99 Å². The number of carbonyl (C=O) groups excluding carboxylic acids is 1. The Balaban J connectivity index is 1.91. The Morgan fingerprint density at radius 2 is 2.11 bits per heavy atom. The summed E-state index contributed by atoms with van der Waals surface area (Å²) in [5.41, 5.74) is 4.32. The zero-order chi connectivity index (χ0) is 20.3. The molecule has 0 fully saturated rings. The highest BCUT2D eigenvalue weighted by molar-refractivity contribution is 7.09. The molecule has 0 saturated heterocycles. The maximum atomic E-state index is 13.3. The molecule has 1 aromatic carbocycles. The number of carbonyl (C=O) groups is 1. The Labute approximate surface area is 164 Å². The highest BCUT2D eigenvalue weighted by Crippen LogP contribution is 2.31. The predicted molar refractivity (Wildman–Crippen MR) is 108 cm³/mol. The van der Waals surface area contributed by atoms with Crippen LogP contribution < -0.4 is 5.32 Å². The van der Waals surface area contributed by atoms with Crippen LogP contribution in [-0.2, 0) is 0 Å². The van der Waals surface area contributed by atoms with E-state index in [1.54, 1.807) is 42.8 Å². The molecule has 0 bridgehead atoms. The first-order valence-electron chi connectivity index (χ1n) is 8.37. The highest BCUT2D eigenvalue weighted by atomic mass is 32.1. The summed E-state index contributed by atoms with van der Waals surface area (Å²) in [6.45, 7) is 7.12. The van der Waals surface area contributed by atoms with Gasteiger partial charge >= 0.3 is 0 Å². The molecule has 5 nitrogen and oxygen atoms in total. The minimum atomic E-state index is -2.58. The highest BCUT2D eigenvalue weighted by Gasteiger charge is 2.16. The average molecular weight is 400 g/mol. The monoisotopic (exact) mass is 400 g/mol. The average Bonchev–Trinajstić information content (AvgIpc) is 3.26. The molecule has 8 heteroatoms. The Kier molecular flexibility index (Phi) is 5.79. The lowest BCUT2D eigenvalue weighted by Gasteiger charge is -2.07. The van der Waals surface area contributed by atoms with Crippen LogP contribution in [0, 0.1) is 13.8 Å². The summed E-state index contributed by atoms with van der Waals surface area (Å²) >= 11 is 1.37. The van der Waals surface area contributed by atoms with E-state index in [9.17, 15) is 13.6 Å². The van der Waals surface area contributed by atoms with Crippen LogP contribution in [-0.4, -0.2) is 22.6 Å². The fourth-order valence-electron chi connectivity index (χ4n) is 2.76. The molecule has 0 aliphatic heterocycles. The summed E-state index contributed by atoms with van der Waals surface area (Å²) in [5, 5.41) is 2.66. The number of nitrogens with zero attached hydrogens (tertiary/aromatic N) is 2. The molecule has 2 N–H and O–H groups in total. The number of alkyl halides is 2. The van der Waals surface area contributed by atoms with Crippen molar-refractivity contribution in [1.29, 1.82) is 0 Å². The third-order valence-corrected chi connectivity index (χ3v) is 4.95. The van der Waals surface area contributed by atoms with Gasteiger partial charge in [0.05, 0.1) is 5.51 Å². The molecule has 0 atom stereocenters. The molecule has 0 unspecified atom stereocenters. The van der Waals surface area contributed by atoms with Gasteiger partial charge in [-0.25, -0.2) is 18.8 Å². The van der Waals surface area contributed by atoms with Gasteiger partial charge in [0.2, 0.25) is 0 Å². The van der Waals surface area contributed by atoms with Gasteiger partial charge in [0.25, 0.3) is 12.3 Å². The van der Waals surface area contributed by atoms with Crippen molar-refractivity contribution in [2.45, 2.75) is 20.3 Å². The van der Waals surface area contributed by atoms with Crippen LogP contribution in [0.15, 0.2) is 46.7 Å². The van der Waals surface area contributed by atoms with E-state index in [-0.39, 0.29) is 17.3 Å². The quantitative estimate of drug-likeness (QED) is 0.564. The number of aromatic amines is 1. The number of hydrogen-bond donors (Lipinski definition) is 2. The predicted octanol–water partition coefficient (Wildman–Crippen LogP) is 5.12. The zero-order valence-electron chi connectivity index (χ0n) is 15.3. The summed E-state index contributed by atoms with van der Waals surface area (Å²) in [6.07, 6.45) is -0.971. The third-order valence-electron chi connectivity index (χ3n) is 4.19. The summed E-state index contributed by atoms with van der Waals surface area (Å²) in [7, 11) is 0. The van der Waals surface area contributed by atoms with Crippen molar-refractivity contribution in [3.63, 3.8) is 0 Å². The van der Waals surface area contributed by atoms with Crippen molar-refractivity contribution >= 4 is 30.0 Å². The van der Waals surface area contributed by atoms with Gasteiger partial charge in [0.1, 0.15) is 11.5 Å². The fourth-order valence-corrected chi connectivity index (χ4v) is 3.33. The van der Waals surface area contributed by atoms with E-state index in [0.29, 0.717) is 22.6 Å². The van der Waals surface area contributed by atoms with Gasteiger partial charge in [-0.2, -0.15) is 0 Å². The molecular weight excluding hydrogens is 382 g/mol. The number of halogens is 2. The van der Waals surface area contributed by atoms with Gasteiger partial charge < -0.3 is 10.3 Å². The van der Waals surface area contributed by atoms with Gasteiger partial charge in [-0.1, -0.05) is 24.3 Å². The SMILES string of the molecule is C=N/C(=C\c1[nH]c(-c2ccccc2C(F)F)cc1C)NC(=O)c1ncsc1C. The molecule has 0 saturated carbocycles. The molecule has 1 amide bonds. The van der Waals surface area contributed by atoms with Crippen LogP contribution >= 0.6 is 11.3 Å². The second kappa shape index (κ2) is 8.26. The summed E-state index contributed by atoms with van der Waals surface area (Å²) in [4.78, 5) is 24.1. The number of nitrogens with one attached hydrogen (secondary N) is 2. The normalized spacial score (nSPS) is 11.7. The molecule has 3 rings (SSSR count). The van der Waals surface area contributed by atoms with Crippen LogP contribution in [0.4, 0.5) is 8.78 Å². The lowest BCUT2D eigenvalue weighted by Crippen LogP contribution is -2.22. The number of aromatic nitrogens is 2. The smallest absolute Gasteiger partial charge is 0.276 e. The molecule has 28 heavy (non-hydrogen) atoms. The summed E-state index contributed by atoms with van der Waals surface area (Å²) in [5.74, 6) is -0.152. The van der Waals surface area contributed by atoms with E-state index < -0.39 is 6.43 Å². The Morgan fingerprint density at radius 1 is 1.36 bits per heavy atom. The van der Waals surface area contributed by atoms with Crippen LogP contribution in [0.25, 0.3) is 17.3 Å². The topological polar surface area (TPSA) is 70.1 Å². The number of benzene rings is 1. The largest absolute Gasteiger partial charge is 0.355 e. The minimum Gasteiger partial charge on any atom is -0.355 e. The van der Waals surface area contributed by atoms with E-state index in [2.05, 4.69) is 27.0 Å². The van der Waals surface area contributed by atoms with E-state index in [1.807, 2.05) is 6.92 Å². The number of thiazole rings is 1. The number of amides is 1. The lowest BCUT2D eigenvalue weighted by molar-refractivity contribution is 0.0961. The summed E-state index contributed by atoms with van der Waals surface area (Å²) in [6, 6.07) is 8.11. The summed E-state index contributed by atoms with van der Waals surface area (Å²) < 4.78 is 26.6. The van der Waals surface area contributed by atoms with Crippen molar-refractivity contribution < 1.29 is 13.6 Å². The first kappa shape index (κ1) is 19.6. The van der Waals surface area contributed by atoms with Crippen molar-refractivity contribution in [3.05, 3.63) is 69.1 Å². The van der Waals surface area contributed by atoms with Gasteiger partial charge in [-0.3, -0.25) is 4.79 Å². The lowest BCUT2D eigenvalue weighted by atomic mass is 10.0. The second-order valence-corrected chi connectivity index (χ2v) is 7.13. The molecule has 2 heterocycles. The molecule has 0 aliphatic carbocycles. The van der Waals surface area contributed by atoms with Crippen LogP contribution in [0.5, 0.6) is 0 Å². The van der Waals surface area contributed by atoms with E-state index in [4.69, 9.17) is 0 Å². The fraction of sp³-hybridized carbons (Fsp3) is 0.150. The minimum absolute atomic E-state index is 0.0475. The van der Waals surface area contributed by atoms with Crippen molar-refractivity contribution in [3.8, 4) is 11.3 Å². The molecule has 144 valence electrons. The third kappa shape index (κ3) is 4.07. The molecular formula is C20H18F2N4OS. The van der Waals surface area contributed by atoms with E-state index in [1.165, 1.54) is 17.4 Å². The standard InChI is InChI=1S/C20H18F2N4OS/c1-11-8-16(13-6-4-5-7-14(13)19(21)22)25-15(11)9-17(23-3)26-20(27)18-12(2)28-10-24-18/h4-10,19,25H,3H2,1-2H3,(H,26,27)/b17-9+. The molecule has 3 aromatic rings. The number of H-pyrrole nitrogens is 1. The van der Waals surface area contributed by atoms with Gasteiger partial charge in [0, 0.05) is 33.5 Å². The van der Waals surface area contributed by atoms with Gasteiger partial charge in [-0.05, 0) is 32.2 Å². The molecule has 0 aliphatic rings. The second-order valence-electron chi connectivity index (χ2n) is 6.07. The zero-order valence-corrected chi connectivity index (χ0v) is 16.1. The van der Waals surface area contributed by atoms with Crippen LogP contribution in [0.2, 0.25) is 0 Å². The molecule has 0 radical (unpaired) electrons. The van der Waals surface area contributed by atoms with Gasteiger partial charge in [-0.15, -0.1) is 11.3 Å². The number of aliphatic imine (C=N–C) groups is 1. The van der Waals surface area contributed by atoms with Crippen molar-refractivity contribution in [2.75, 3.05) is 0 Å². The van der Waals surface area contributed by atoms with E-state index in [0.717, 1.165) is 10.4 Å². The number of rotatable bonds is 6. The first-order valence-corrected chi connectivity index (χ1v) is 9.25. The maximum Gasteiger partial charge on any atom is 0.276 e. The Bertz CT molecular complexity index is 1050. The first-order chi connectivity index (χ1) is 13.4.